The van der Waals surface area contributed by atoms with Crippen LogP contribution in [0.15, 0.2) is 109 Å². The predicted molar refractivity (Wildman–Crippen MR) is 243 cm³/mol. The topological polar surface area (TPSA) is 183 Å². The molecule has 0 unspecified atom stereocenters. The number of rotatable bonds is 23. The van der Waals surface area contributed by atoms with Gasteiger partial charge < -0.3 is 31.1 Å². The van der Waals surface area contributed by atoms with Crippen LogP contribution in [0.25, 0.3) is 0 Å². The zero-order chi connectivity index (χ0) is 45.4. The van der Waals surface area contributed by atoms with Gasteiger partial charge in [0.1, 0.15) is 6.04 Å². The summed E-state index contributed by atoms with van der Waals surface area (Å²) in [6.07, 6.45) is 0.908. The molecule has 4 aromatic carbocycles. The second-order valence-electron chi connectivity index (χ2n) is 16.1. The number of anilines is 1. The fourth-order valence-electron chi connectivity index (χ4n) is 7.15. The normalized spacial score (nSPS) is 14.0. The molecule has 0 fully saturated rings. The average Bonchev–Trinajstić information content (AvgIpc) is 3.26. The molecule has 334 valence electrons. The van der Waals surface area contributed by atoms with E-state index in [9.17, 15) is 32.7 Å². The Bertz CT molecular complexity index is 2170. The summed E-state index contributed by atoms with van der Waals surface area (Å²) in [4.78, 5) is 55.6. The summed E-state index contributed by atoms with van der Waals surface area (Å²) in [6.45, 7) is 9.78. The summed E-state index contributed by atoms with van der Waals surface area (Å²) in [5.41, 5.74) is 2.71. The molecule has 5 N–H and O–H groups in total. The van der Waals surface area contributed by atoms with Gasteiger partial charge in [0.05, 0.1) is 43.3 Å². The highest BCUT2D eigenvalue weighted by atomic mass is 32.2. The van der Waals surface area contributed by atoms with E-state index in [4.69, 9.17) is 4.74 Å². The molecule has 13 nitrogen and oxygen atoms in total. The summed E-state index contributed by atoms with van der Waals surface area (Å²) in [7, 11) is -2.48. The van der Waals surface area contributed by atoms with Gasteiger partial charge in [0.25, 0.3) is 11.8 Å². The van der Waals surface area contributed by atoms with Crippen molar-refractivity contribution >= 4 is 39.3 Å². The van der Waals surface area contributed by atoms with E-state index in [1.807, 2.05) is 126 Å². The maximum atomic E-state index is 14.2. The zero-order valence-corrected chi connectivity index (χ0v) is 37.7. The molecule has 14 heteroatoms. The van der Waals surface area contributed by atoms with E-state index in [-0.39, 0.29) is 54.2 Å². The first kappa shape index (κ1) is 49.1. The Kier molecular flexibility index (Phi) is 18.7. The summed E-state index contributed by atoms with van der Waals surface area (Å²) < 4.78 is 32.3. The zero-order valence-electron chi connectivity index (χ0n) is 36.8. The molecule has 0 aromatic heterocycles. The number of hydrogen-bond acceptors (Lipinski definition) is 8. The summed E-state index contributed by atoms with van der Waals surface area (Å²) in [6, 6.07) is 30.0. The van der Waals surface area contributed by atoms with Gasteiger partial charge in [0.2, 0.25) is 21.8 Å². The van der Waals surface area contributed by atoms with Crippen LogP contribution >= 0.6 is 0 Å². The van der Waals surface area contributed by atoms with Crippen molar-refractivity contribution in [1.82, 2.24) is 21.3 Å². The molecule has 4 rings (SSSR count). The van der Waals surface area contributed by atoms with Crippen LogP contribution in [-0.4, -0.2) is 75.3 Å². The maximum absolute atomic E-state index is 14.2. The summed E-state index contributed by atoms with van der Waals surface area (Å²) in [5, 5.41) is 23.7. The lowest BCUT2D eigenvalue weighted by molar-refractivity contribution is -0.134. The van der Waals surface area contributed by atoms with Crippen molar-refractivity contribution in [3.05, 3.63) is 137 Å². The molecule has 0 heterocycles. The van der Waals surface area contributed by atoms with Crippen molar-refractivity contribution in [2.24, 2.45) is 17.8 Å². The van der Waals surface area contributed by atoms with Crippen molar-refractivity contribution in [1.29, 1.82) is 0 Å². The number of amides is 4. The van der Waals surface area contributed by atoms with Crippen LogP contribution in [0.2, 0.25) is 0 Å². The minimum Gasteiger partial charge on any atom is -0.391 e. The number of aliphatic hydroxyl groups is 1. The first-order chi connectivity index (χ1) is 29.5. The highest BCUT2D eigenvalue weighted by Gasteiger charge is 2.35. The number of aliphatic hydroxyl groups excluding tert-OH is 1. The standard InChI is InChI=1S/C48H63N5O8S/c1-8-36(9-2)44(48(58)49-29-34-19-13-10-14-20-34)52-47(57)41(32(3)4)28-43(54)42(31-61-30-35-21-15-11-16-22-35)51-46(56)39-25-38(26-40(27-39)53(6)62(7,59)60)45(55)50-33(5)37-23-17-12-18-24-37/h10-27,32-33,36,41-44,54H,8-9,28-31H2,1-7H3,(H,49,58)(H,50,55)(H,51,56)(H,52,57)/t33-,41+,42+,43+,44+/m1/s1. The van der Waals surface area contributed by atoms with Gasteiger partial charge in [-0.25, -0.2) is 8.42 Å². The van der Waals surface area contributed by atoms with Crippen molar-refractivity contribution in [2.45, 2.75) is 91.3 Å². The molecule has 0 aliphatic carbocycles. The molecule has 4 aromatic rings. The Morgan fingerprint density at radius 3 is 1.79 bits per heavy atom. The molecule has 0 bridgehead atoms. The molecule has 0 aliphatic heterocycles. The Balaban J connectivity index is 1.61. The molecular weight excluding hydrogens is 807 g/mol. The van der Waals surface area contributed by atoms with Crippen LogP contribution in [0.1, 0.15) is 97.3 Å². The van der Waals surface area contributed by atoms with Gasteiger partial charge in [0.15, 0.2) is 0 Å². The summed E-state index contributed by atoms with van der Waals surface area (Å²) >= 11 is 0. The fourth-order valence-corrected chi connectivity index (χ4v) is 7.64. The molecule has 0 saturated heterocycles. The number of sulfonamides is 1. The third kappa shape index (κ3) is 14.5. The molecule has 4 amide bonds. The quantitative estimate of drug-likeness (QED) is 0.0589. The van der Waals surface area contributed by atoms with E-state index in [2.05, 4.69) is 21.3 Å². The first-order valence-corrected chi connectivity index (χ1v) is 23.0. The minimum absolute atomic E-state index is 0.0385. The Labute approximate surface area is 367 Å². The van der Waals surface area contributed by atoms with Gasteiger partial charge in [-0.3, -0.25) is 23.5 Å². The van der Waals surface area contributed by atoms with Gasteiger partial charge in [0, 0.05) is 30.6 Å². The minimum atomic E-state index is -3.80. The second-order valence-corrected chi connectivity index (χ2v) is 18.1. The third-order valence-corrected chi connectivity index (χ3v) is 12.4. The highest BCUT2D eigenvalue weighted by Crippen LogP contribution is 2.25. The summed E-state index contributed by atoms with van der Waals surface area (Å²) in [5.74, 6) is -3.14. The smallest absolute Gasteiger partial charge is 0.251 e. The van der Waals surface area contributed by atoms with Gasteiger partial charge in [-0.15, -0.1) is 0 Å². The average molecular weight is 870 g/mol. The number of nitrogens with one attached hydrogen (secondary N) is 4. The number of carbonyl (C=O) groups excluding carboxylic acids is 4. The lowest BCUT2D eigenvalue weighted by Gasteiger charge is -2.31. The molecule has 0 saturated carbocycles. The van der Waals surface area contributed by atoms with Crippen molar-refractivity contribution in [3.8, 4) is 0 Å². The lowest BCUT2D eigenvalue weighted by Crippen LogP contribution is -2.53. The van der Waals surface area contributed by atoms with E-state index in [0.29, 0.717) is 19.4 Å². The molecule has 5 atom stereocenters. The molecule has 0 aliphatic rings. The number of carbonyl (C=O) groups is 4. The monoisotopic (exact) mass is 869 g/mol. The van der Waals surface area contributed by atoms with E-state index in [1.165, 1.54) is 25.2 Å². The van der Waals surface area contributed by atoms with Gasteiger partial charge in [-0.05, 0) is 60.1 Å². The van der Waals surface area contributed by atoms with Crippen LogP contribution in [0.5, 0.6) is 0 Å². The highest BCUT2D eigenvalue weighted by molar-refractivity contribution is 7.92. The number of hydrogen-bond donors (Lipinski definition) is 5. The van der Waals surface area contributed by atoms with Crippen LogP contribution in [-0.2, 0) is 37.5 Å². The molecular formula is C48H63N5O8S. The molecule has 0 spiro atoms. The lowest BCUT2D eigenvalue weighted by atomic mass is 9.86. The molecule has 0 radical (unpaired) electrons. The van der Waals surface area contributed by atoms with Crippen LogP contribution in [0.4, 0.5) is 5.69 Å². The largest absolute Gasteiger partial charge is 0.391 e. The van der Waals surface area contributed by atoms with Crippen LogP contribution < -0.4 is 25.6 Å². The van der Waals surface area contributed by atoms with E-state index < -0.39 is 57.9 Å². The van der Waals surface area contributed by atoms with Gasteiger partial charge >= 0.3 is 0 Å². The van der Waals surface area contributed by atoms with E-state index >= 15 is 0 Å². The number of benzene rings is 4. The predicted octanol–water partition coefficient (Wildman–Crippen LogP) is 6.15. The number of nitrogens with zero attached hydrogens (tertiary/aromatic N) is 1. The van der Waals surface area contributed by atoms with Crippen molar-refractivity contribution in [2.75, 3.05) is 24.2 Å². The van der Waals surface area contributed by atoms with E-state index in [0.717, 1.165) is 27.3 Å². The SMILES string of the molecule is CCC(CC)[C@H](NC(=O)[C@@H](C[C@H](O)[C@H](COCc1ccccc1)NC(=O)c1cc(C(=O)N[C@H](C)c2ccccc2)cc(N(C)S(C)(=O)=O)c1)C(C)C)C(=O)NCc1ccccc1. The van der Waals surface area contributed by atoms with Gasteiger partial charge in [-0.1, -0.05) is 132 Å². The van der Waals surface area contributed by atoms with Gasteiger partial charge in [-0.2, -0.15) is 0 Å². The van der Waals surface area contributed by atoms with Crippen molar-refractivity contribution < 1.29 is 37.4 Å². The third-order valence-electron chi connectivity index (χ3n) is 11.2. The second kappa shape index (κ2) is 23.6. The number of ether oxygens (including phenoxy) is 1. The van der Waals surface area contributed by atoms with Crippen LogP contribution in [0.3, 0.4) is 0 Å². The maximum Gasteiger partial charge on any atom is 0.251 e. The van der Waals surface area contributed by atoms with Crippen LogP contribution in [0, 0.1) is 17.8 Å². The Morgan fingerprint density at radius 1 is 0.726 bits per heavy atom. The van der Waals surface area contributed by atoms with Crippen molar-refractivity contribution in [3.63, 3.8) is 0 Å². The van der Waals surface area contributed by atoms with E-state index in [1.54, 1.807) is 0 Å². The first-order valence-electron chi connectivity index (χ1n) is 21.2. The Morgan fingerprint density at radius 2 is 1.26 bits per heavy atom. The Hall–Kier alpha value is -5.57. The molecule has 62 heavy (non-hydrogen) atoms. The fraction of sp³-hybridized carbons (Fsp3) is 0.417.